The summed E-state index contributed by atoms with van der Waals surface area (Å²) in [5.74, 6) is -1.17. The third-order valence-corrected chi connectivity index (χ3v) is 7.53. The quantitative estimate of drug-likeness (QED) is 0.642. The average Bonchev–Trinajstić information content (AvgIpc) is 3.04. The van der Waals surface area contributed by atoms with Crippen molar-refractivity contribution < 1.29 is 23.2 Å². The van der Waals surface area contributed by atoms with Crippen LogP contribution in [0.15, 0.2) is 17.0 Å². The molecule has 2 fully saturated rings. The van der Waals surface area contributed by atoms with Gasteiger partial charge in [0, 0.05) is 24.7 Å². The first-order valence-corrected chi connectivity index (χ1v) is 9.53. The van der Waals surface area contributed by atoms with Gasteiger partial charge in [-0.25, -0.2) is 8.42 Å². The van der Waals surface area contributed by atoms with E-state index in [0.29, 0.717) is 24.0 Å². The highest BCUT2D eigenvalue weighted by Crippen LogP contribution is 2.50. The van der Waals surface area contributed by atoms with Gasteiger partial charge < -0.3 is 5.11 Å². The molecule has 1 aliphatic carbocycles. The highest BCUT2D eigenvalue weighted by molar-refractivity contribution is 7.89. The molecule has 3 rings (SSSR count). The Labute approximate surface area is 145 Å². The maximum Gasteiger partial charge on any atom is 0.311 e. The smallest absolute Gasteiger partial charge is 0.311 e. The molecule has 1 saturated heterocycles. The van der Waals surface area contributed by atoms with Crippen LogP contribution in [0.4, 0.5) is 5.69 Å². The Balaban J connectivity index is 2.03. The van der Waals surface area contributed by atoms with E-state index in [0.717, 1.165) is 12.5 Å². The molecule has 1 aromatic carbocycles. The van der Waals surface area contributed by atoms with E-state index in [1.807, 2.05) is 0 Å². The first-order valence-electron chi connectivity index (χ1n) is 8.09. The van der Waals surface area contributed by atoms with Crippen LogP contribution >= 0.6 is 0 Å². The zero-order valence-electron chi connectivity index (χ0n) is 14.1. The van der Waals surface area contributed by atoms with Crippen LogP contribution in [-0.2, 0) is 14.8 Å². The van der Waals surface area contributed by atoms with Crippen LogP contribution in [0.1, 0.15) is 30.4 Å². The number of hydrogen-bond acceptors (Lipinski definition) is 5. The zero-order valence-corrected chi connectivity index (χ0v) is 14.9. The molecule has 136 valence electrons. The fraction of sp³-hybridized carbons (Fsp3) is 0.562. The lowest BCUT2D eigenvalue weighted by molar-refractivity contribution is -0.385. The second-order valence-corrected chi connectivity index (χ2v) is 8.92. The lowest BCUT2D eigenvalue weighted by atomic mass is 9.81. The summed E-state index contributed by atoms with van der Waals surface area (Å²) in [5, 5.41) is 20.8. The highest BCUT2D eigenvalue weighted by Gasteiger charge is 2.57. The number of nitro benzene ring substituents is 1. The van der Waals surface area contributed by atoms with Gasteiger partial charge in [-0.2, -0.15) is 4.31 Å². The van der Waals surface area contributed by atoms with Gasteiger partial charge in [0.2, 0.25) is 10.0 Å². The molecule has 1 N–H and O–H groups in total. The fourth-order valence-electron chi connectivity index (χ4n) is 4.21. The van der Waals surface area contributed by atoms with E-state index in [-0.39, 0.29) is 29.6 Å². The summed E-state index contributed by atoms with van der Waals surface area (Å²) in [6, 6.07) is 2.57. The van der Waals surface area contributed by atoms with Gasteiger partial charge in [-0.05, 0) is 44.2 Å². The molecule has 25 heavy (non-hydrogen) atoms. The molecule has 1 aliphatic heterocycles. The number of carbonyl (C=O) groups is 1. The van der Waals surface area contributed by atoms with Gasteiger partial charge >= 0.3 is 5.97 Å². The number of carboxylic acid groups (broad SMARTS) is 1. The van der Waals surface area contributed by atoms with Gasteiger partial charge in [0.1, 0.15) is 0 Å². The molecule has 8 nitrogen and oxygen atoms in total. The highest BCUT2D eigenvalue weighted by atomic mass is 32.2. The molecule has 0 radical (unpaired) electrons. The van der Waals surface area contributed by atoms with Crippen LogP contribution in [0.3, 0.4) is 0 Å². The van der Waals surface area contributed by atoms with Crippen molar-refractivity contribution in [1.29, 1.82) is 0 Å². The second-order valence-electron chi connectivity index (χ2n) is 7.01. The third kappa shape index (κ3) is 2.62. The third-order valence-electron chi connectivity index (χ3n) is 5.57. The molecular weight excluding hydrogens is 348 g/mol. The van der Waals surface area contributed by atoms with Gasteiger partial charge in [0.15, 0.2) is 0 Å². The molecule has 0 unspecified atom stereocenters. The maximum absolute atomic E-state index is 13.0. The number of rotatable bonds is 4. The van der Waals surface area contributed by atoms with Gasteiger partial charge in [-0.15, -0.1) is 0 Å². The molecule has 0 spiro atoms. The Bertz CT molecular complexity index is 866. The van der Waals surface area contributed by atoms with Crippen LogP contribution in [0.2, 0.25) is 0 Å². The van der Waals surface area contributed by atoms with Crippen LogP contribution in [0, 0.1) is 35.3 Å². The maximum atomic E-state index is 13.0. The molecule has 1 saturated carbocycles. The summed E-state index contributed by atoms with van der Waals surface area (Å²) in [6.45, 7) is 3.22. The topological polar surface area (TPSA) is 118 Å². The Morgan fingerprint density at radius 3 is 2.60 bits per heavy atom. The van der Waals surface area contributed by atoms with Crippen molar-refractivity contribution in [2.45, 2.75) is 38.0 Å². The zero-order chi connectivity index (χ0) is 18.6. The molecule has 0 aromatic heterocycles. The molecular formula is C16H20N2O6S. The van der Waals surface area contributed by atoms with E-state index in [1.54, 1.807) is 13.8 Å². The lowest BCUT2D eigenvalue weighted by Crippen LogP contribution is -2.37. The fourth-order valence-corrected chi connectivity index (χ4v) is 5.99. The molecule has 2 aliphatic rings. The standard InChI is InChI=1S/C16H20N2O6S/c1-10-6-11(2)14(7-13(10)18(21)22)25(23,24)17-8-12-4-3-5-16(12,9-17)15(19)20/h6-7,12H,3-5,8-9H2,1-2H3,(H,19,20)/t12-,16+/m0/s1. The van der Waals surface area contributed by atoms with Crippen LogP contribution in [0.5, 0.6) is 0 Å². The van der Waals surface area contributed by atoms with Crippen LogP contribution in [0.25, 0.3) is 0 Å². The number of benzene rings is 1. The number of hydrogen-bond donors (Lipinski definition) is 1. The van der Waals surface area contributed by atoms with E-state index in [4.69, 9.17) is 0 Å². The van der Waals surface area contributed by atoms with Crippen molar-refractivity contribution in [1.82, 2.24) is 4.31 Å². The van der Waals surface area contributed by atoms with Crippen molar-refractivity contribution >= 4 is 21.7 Å². The van der Waals surface area contributed by atoms with Crippen molar-refractivity contribution in [2.75, 3.05) is 13.1 Å². The van der Waals surface area contributed by atoms with Gasteiger partial charge in [-0.3, -0.25) is 14.9 Å². The Kier molecular flexibility index (Phi) is 4.11. The molecule has 1 heterocycles. The largest absolute Gasteiger partial charge is 0.481 e. The summed E-state index contributed by atoms with van der Waals surface area (Å²) in [4.78, 5) is 22.2. The number of sulfonamides is 1. The minimum Gasteiger partial charge on any atom is -0.481 e. The number of nitrogens with zero attached hydrogens (tertiary/aromatic N) is 2. The van der Waals surface area contributed by atoms with Crippen molar-refractivity contribution in [3.8, 4) is 0 Å². The van der Waals surface area contributed by atoms with Gasteiger partial charge in [0.05, 0.1) is 15.2 Å². The number of fused-ring (bicyclic) bond motifs is 1. The van der Waals surface area contributed by atoms with Crippen molar-refractivity contribution in [2.24, 2.45) is 11.3 Å². The first-order chi connectivity index (χ1) is 11.6. The molecule has 9 heteroatoms. The molecule has 0 amide bonds. The second kappa shape index (κ2) is 5.77. The molecule has 0 bridgehead atoms. The number of aryl methyl sites for hydroxylation is 2. The van der Waals surface area contributed by atoms with Crippen LogP contribution < -0.4 is 0 Å². The Morgan fingerprint density at radius 2 is 2.04 bits per heavy atom. The monoisotopic (exact) mass is 368 g/mol. The minimum atomic E-state index is -3.99. The first kappa shape index (κ1) is 17.8. The van der Waals surface area contributed by atoms with Crippen LogP contribution in [-0.4, -0.2) is 41.8 Å². The predicted octanol–water partition coefficient (Wildman–Crippen LogP) is 2.09. The van der Waals surface area contributed by atoms with E-state index in [9.17, 15) is 28.4 Å². The van der Waals surface area contributed by atoms with Crippen molar-refractivity contribution in [3.63, 3.8) is 0 Å². The minimum absolute atomic E-state index is 0.0730. The van der Waals surface area contributed by atoms with Gasteiger partial charge in [-0.1, -0.05) is 6.42 Å². The van der Waals surface area contributed by atoms with E-state index in [1.165, 1.54) is 10.4 Å². The number of aliphatic carboxylic acids is 1. The van der Waals surface area contributed by atoms with E-state index < -0.39 is 26.3 Å². The number of carboxylic acids is 1. The number of nitro groups is 1. The summed E-state index contributed by atoms with van der Waals surface area (Å²) >= 11 is 0. The SMILES string of the molecule is Cc1cc(C)c(S(=O)(=O)N2C[C@@H]3CCC[C@@]3(C(=O)O)C2)cc1[N+](=O)[O-]. The average molecular weight is 368 g/mol. The molecule has 1 aromatic rings. The van der Waals surface area contributed by atoms with Gasteiger partial charge in [0.25, 0.3) is 5.69 Å². The summed E-state index contributed by atoms with van der Waals surface area (Å²) < 4.78 is 27.3. The van der Waals surface area contributed by atoms with E-state index in [2.05, 4.69) is 0 Å². The van der Waals surface area contributed by atoms with E-state index >= 15 is 0 Å². The normalized spacial score (nSPS) is 26.6. The summed E-state index contributed by atoms with van der Waals surface area (Å²) in [5.41, 5.74) is -0.472. The predicted molar refractivity (Wildman–Crippen MR) is 88.7 cm³/mol. The Hall–Kier alpha value is -2.00. The summed E-state index contributed by atoms with van der Waals surface area (Å²) in [7, 11) is -3.99. The Morgan fingerprint density at radius 1 is 1.36 bits per heavy atom. The van der Waals surface area contributed by atoms with Crippen molar-refractivity contribution in [3.05, 3.63) is 33.4 Å². The molecule has 2 atom stereocenters. The lowest BCUT2D eigenvalue weighted by Gasteiger charge is -2.23. The summed E-state index contributed by atoms with van der Waals surface area (Å²) in [6.07, 6.45) is 1.93.